The molecule has 3 aromatic rings. The maximum atomic E-state index is 12.1. The van der Waals surface area contributed by atoms with Gasteiger partial charge in [-0.25, -0.2) is 0 Å². The van der Waals surface area contributed by atoms with Crippen molar-refractivity contribution in [3.05, 3.63) is 77.4 Å². The van der Waals surface area contributed by atoms with E-state index >= 15 is 0 Å². The number of nitrogens with zero attached hydrogens (tertiary/aromatic N) is 2. The first kappa shape index (κ1) is 15.7. The molecule has 0 aliphatic heterocycles. The Morgan fingerprint density at radius 1 is 0.833 bits per heavy atom. The van der Waals surface area contributed by atoms with E-state index < -0.39 is 0 Å². The lowest BCUT2D eigenvalue weighted by Crippen LogP contribution is -2.13. The Morgan fingerprint density at radius 2 is 1.54 bits per heavy atom. The van der Waals surface area contributed by atoms with Gasteiger partial charge in [-0.2, -0.15) is 0 Å². The highest BCUT2D eigenvalue weighted by atomic mass is 16.1. The first-order valence-corrected chi connectivity index (χ1v) is 7.65. The third-order valence-electron chi connectivity index (χ3n) is 3.51. The van der Waals surface area contributed by atoms with Crippen molar-refractivity contribution in [1.29, 1.82) is 0 Å². The predicted molar refractivity (Wildman–Crippen MR) is 95.6 cm³/mol. The zero-order chi connectivity index (χ0) is 16.9. The van der Waals surface area contributed by atoms with Gasteiger partial charge >= 0.3 is 0 Å². The summed E-state index contributed by atoms with van der Waals surface area (Å²) in [5.41, 5.74) is 3.80. The number of hydrogen-bond acceptors (Lipinski definition) is 4. The van der Waals surface area contributed by atoms with E-state index in [-0.39, 0.29) is 5.91 Å². The summed E-state index contributed by atoms with van der Waals surface area (Å²) in [5, 5.41) is 14.0. The molecule has 0 bridgehead atoms. The maximum Gasteiger partial charge on any atom is 0.256 e. The van der Waals surface area contributed by atoms with E-state index in [1.165, 1.54) is 0 Å². The molecule has 1 aromatic heterocycles. The second-order valence-electron chi connectivity index (χ2n) is 5.62. The Bertz CT molecular complexity index is 842. The van der Waals surface area contributed by atoms with Gasteiger partial charge in [-0.15, -0.1) is 10.2 Å². The third-order valence-corrected chi connectivity index (χ3v) is 3.51. The summed E-state index contributed by atoms with van der Waals surface area (Å²) in [7, 11) is 0. The fraction of sp³-hybridized carbons (Fsp3) is 0.105. The molecule has 2 aromatic carbocycles. The molecule has 0 fully saturated rings. The molecule has 0 saturated heterocycles. The lowest BCUT2D eigenvalue weighted by molar-refractivity contribution is 0.102. The van der Waals surface area contributed by atoms with Crippen LogP contribution >= 0.6 is 0 Å². The molecule has 0 saturated carbocycles. The van der Waals surface area contributed by atoms with Crippen LogP contribution in [0.2, 0.25) is 0 Å². The standard InChI is InChI=1S/C19H18N4O/c1-13-6-8-15(9-7-13)19(24)21-18-11-10-17(22-23-18)20-16-5-3-4-14(2)12-16/h3-12H,1-2H3,(H,20,22)(H,21,23,24). The Labute approximate surface area is 140 Å². The van der Waals surface area contributed by atoms with Crippen LogP contribution in [0.4, 0.5) is 17.3 Å². The summed E-state index contributed by atoms with van der Waals surface area (Å²) in [5.74, 6) is 0.827. The monoisotopic (exact) mass is 318 g/mol. The minimum Gasteiger partial charge on any atom is -0.339 e. The molecular formula is C19H18N4O. The van der Waals surface area contributed by atoms with Gasteiger partial charge < -0.3 is 10.6 Å². The van der Waals surface area contributed by atoms with Gasteiger partial charge in [0.05, 0.1) is 0 Å². The average molecular weight is 318 g/mol. The molecule has 1 heterocycles. The summed E-state index contributed by atoms with van der Waals surface area (Å²) < 4.78 is 0. The van der Waals surface area contributed by atoms with Gasteiger partial charge in [0, 0.05) is 11.3 Å². The third kappa shape index (κ3) is 3.95. The number of rotatable bonds is 4. The number of anilines is 3. The first-order chi connectivity index (χ1) is 11.6. The molecule has 0 aliphatic rings. The molecule has 0 radical (unpaired) electrons. The van der Waals surface area contributed by atoms with E-state index in [2.05, 4.69) is 20.8 Å². The van der Waals surface area contributed by atoms with E-state index in [1.807, 2.05) is 50.2 Å². The van der Waals surface area contributed by atoms with Crippen LogP contribution < -0.4 is 10.6 Å². The molecule has 5 nitrogen and oxygen atoms in total. The van der Waals surface area contributed by atoms with Crippen LogP contribution in [0.15, 0.2) is 60.7 Å². The number of nitrogens with one attached hydrogen (secondary N) is 2. The van der Waals surface area contributed by atoms with Gasteiger partial charge in [-0.1, -0.05) is 29.8 Å². The maximum absolute atomic E-state index is 12.1. The summed E-state index contributed by atoms with van der Waals surface area (Å²) in [6, 6.07) is 18.8. The van der Waals surface area contributed by atoms with Crippen molar-refractivity contribution in [1.82, 2.24) is 10.2 Å². The van der Waals surface area contributed by atoms with Gasteiger partial charge in [0.2, 0.25) is 0 Å². The predicted octanol–water partition coefficient (Wildman–Crippen LogP) is 4.09. The van der Waals surface area contributed by atoms with Crippen molar-refractivity contribution in [2.75, 3.05) is 10.6 Å². The second-order valence-corrected chi connectivity index (χ2v) is 5.62. The SMILES string of the molecule is Cc1ccc(C(=O)Nc2ccc(Nc3cccc(C)c3)nn2)cc1. The highest BCUT2D eigenvalue weighted by molar-refractivity contribution is 6.03. The lowest BCUT2D eigenvalue weighted by Gasteiger charge is -2.07. The first-order valence-electron chi connectivity index (χ1n) is 7.65. The molecular weight excluding hydrogens is 300 g/mol. The van der Waals surface area contributed by atoms with Crippen molar-refractivity contribution in [3.63, 3.8) is 0 Å². The van der Waals surface area contributed by atoms with Gasteiger partial charge in [0.15, 0.2) is 11.6 Å². The van der Waals surface area contributed by atoms with Crippen LogP contribution in [0.1, 0.15) is 21.5 Å². The number of amides is 1. The second kappa shape index (κ2) is 6.91. The van der Waals surface area contributed by atoms with Gasteiger partial charge in [-0.3, -0.25) is 4.79 Å². The normalized spacial score (nSPS) is 10.2. The number of carbonyl (C=O) groups is 1. The molecule has 0 spiro atoms. The average Bonchev–Trinajstić information content (AvgIpc) is 2.57. The largest absolute Gasteiger partial charge is 0.339 e. The van der Waals surface area contributed by atoms with Crippen molar-refractivity contribution in [2.24, 2.45) is 0 Å². The molecule has 24 heavy (non-hydrogen) atoms. The highest BCUT2D eigenvalue weighted by Crippen LogP contribution is 2.16. The van der Waals surface area contributed by atoms with Crippen molar-refractivity contribution in [3.8, 4) is 0 Å². The summed E-state index contributed by atoms with van der Waals surface area (Å²) in [4.78, 5) is 12.1. The van der Waals surface area contributed by atoms with Crippen molar-refractivity contribution in [2.45, 2.75) is 13.8 Å². The number of aromatic nitrogens is 2. The number of carbonyl (C=O) groups excluding carboxylic acids is 1. The summed E-state index contributed by atoms with van der Waals surface area (Å²) >= 11 is 0. The Kier molecular flexibility index (Phi) is 4.52. The minimum atomic E-state index is -0.205. The molecule has 0 atom stereocenters. The number of hydrogen-bond donors (Lipinski definition) is 2. The van der Waals surface area contributed by atoms with Crippen LogP contribution in [0.5, 0.6) is 0 Å². The van der Waals surface area contributed by atoms with E-state index in [0.29, 0.717) is 17.2 Å². The highest BCUT2D eigenvalue weighted by Gasteiger charge is 2.07. The Balaban J connectivity index is 1.66. The number of benzene rings is 2. The molecule has 5 heteroatoms. The van der Waals surface area contributed by atoms with E-state index in [4.69, 9.17) is 0 Å². The number of aryl methyl sites for hydroxylation is 2. The van der Waals surface area contributed by atoms with Crippen molar-refractivity contribution < 1.29 is 4.79 Å². The molecule has 1 amide bonds. The van der Waals surface area contributed by atoms with Gasteiger partial charge in [0.1, 0.15) is 0 Å². The molecule has 0 aliphatic carbocycles. The van der Waals surface area contributed by atoms with Gasteiger partial charge in [-0.05, 0) is 55.8 Å². The smallest absolute Gasteiger partial charge is 0.256 e. The van der Waals surface area contributed by atoms with Gasteiger partial charge in [0.25, 0.3) is 5.91 Å². The fourth-order valence-corrected chi connectivity index (χ4v) is 2.23. The fourth-order valence-electron chi connectivity index (χ4n) is 2.23. The molecule has 2 N–H and O–H groups in total. The van der Waals surface area contributed by atoms with Crippen LogP contribution in [0, 0.1) is 13.8 Å². The Hall–Kier alpha value is -3.21. The quantitative estimate of drug-likeness (QED) is 0.760. The van der Waals surface area contributed by atoms with E-state index in [1.54, 1.807) is 24.3 Å². The molecule has 3 rings (SSSR count). The summed E-state index contributed by atoms with van der Waals surface area (Å²) in [6.45, 7) is 4.01. The zero-order valence-corrected chi connectivity index (χ0v) is 13.6. The molecule has 120 valence electrons. The van der Waals surface area contributed by atoms with E-state index in [9.17, 15) is 4.79 Å². The molecule has 0 unspecified atom stereocenters. The lowest BCUT2D eigenvalue weighted by atomic mass is 10.1. The van der Waals surface area contributed by atoms with Crippen molar-refractivity contribution >= 4 is 23.2 Å². The zero-order valence-electron chi connectivity index (χ0n) is 13.6. The minimum absolute atomic E-state index is 0.205. The summed E-state index contributed by atoms with van der Waals surface area (Å²) in [6.07, 6.45) is 0. The Morgan fingerprint density at radius 3 is 2.21 bits per heavy atom. The van der Waals surface area contributed by atoms with Crippen LogP contribution in [0.25, 0.3) is 0 Å². The van der Waals surface area contributed by atoms with Crippen LogP contribution in [0.3, 0.4) is 0 Å². The topological polar surface area (TPSA) is 66.9 Å². The van der Waals surface area contributed by atoms with Crippen LogP contribution in [-0.4, -0.2) is 16.1 Å². The van der Waals surface area contributed by atoms with E-state index in [0.717, 1.165) is 16.8 Å². The van der Waals surface area contributed by atoms with Crippen LogP contribution in [-0.2, 0) is 0 Å².